The van der Waals surface area contributed by atoms with Gasteiger partial charge in [0.2, 0.25) is 11.8 Å². The number of rotatable bonds is 6. The molecule has 1 atom stereocenters. The maximum atomic E-state index is 11.2. The minimum Gasteiger partial charge on any atom is -0.480 e. The third kappa shape index (κ3) is 3.40. The van der Waals surface area contributed by atoms with Gasteiger partial charge in [-0.15, -0.1) is 10.2 Å². The summed E-state index contributed by atoms with van der Waals surface area (Å²) in [5.74, 6) is -0.299. The Bertz CT molecular complexity index is 644. The van der Waals surface area contributed by atoms with Crippen molar-refractivity contribution in [3.63, 3.8) is 0 Å². The van der Waals surface area contributed by atoms with Crippen LogP contribution in [0.5, 0.6) is 0 Å². The van der Waals surface area contributed by atoms with Crippen LogP contribution >= 0.6 is 11.6 Å². The van der Waals surface area contributed by atoms with E-state index < -0.39 is 11.5 Å². The number of aromatic nitrogens is 2. The smallest absolute Gasteiger partial charge is 0.323 e. The number of hydrogen-bond donors (Lipinski definition) is 2. The average Bonchev–Trinajstić information content (AvgIpc) is 2.93. The Morgan fingerprint density at radius 3 is 2.76 bits per heavy atom. The Morgan fingerprint density at radius 2 is 2.14 bits per heavy atom. The number of aliphatic carboxylic acids is 1. The lowest BCUT2D eigenvalue weighted by Crippen LogP contribution is -2.48. The van der Waals surface area contributed by atoms with Gasteiger partial charge in [-0.2, -0.15) is 0 Å². The molecule has 0 saturated heterocycles. The van der Waals surface area contributed by atoms with E-state index in [1.54, 1.807) is 26.0 Å². The number of benzene rings is 1. The fourth-order valence-electron chi connectivity index (χ4n) is 1.69. The molecular formula is C14H16ClN3O3. The Balaban J connectivity index is 2.11. The van der Waals surface area contributed by atoms with E-state index in [0.717, 1.165) is 0 Å². The minimum absolute atomic E-state index is 0.175. The van der Waals surface area contributed by atoms with Gasteiger partial charge in [-0.25, -0.2) is 0 Å². The van der Waals surface area contributed by atoms with Gasteiger partial charge in [0.1, 0.15) is 5.54 Å². The zero-order valence-corrected chi connectivity index (χ0v) is 12.5. The third-order valence-electron chi connectivity index (χ3n) is 3.38. The zero-order chi connectivity index (χ0) is 15.5. The standard InChI is InChI=1S/C14H16ClN3O3/c1-3-14(2,13(19)20)16-8-11-17-18-12(21-11)9-6-4-5-7-10(9)15/h4-7,16H,3,8H2,1-2H3,(H,19,20). The highest BCUT2D eigenvalue weighted by molar-refractivity contribution is 6.33. The zero-order valence-electron chi connectivity index (χ0n) is 11.8. The predicted octanol–water partition coefficient (Wildman–Crippen LogP) is 2.73. The number of carbonyl (C=O) groups is 1. The first-order chi connectivity index (χ1) is 9.96. The first kappa shape index (κ1) is 15.5. The molecule has 0 fully saturated rings. The SMILES string of the molecule is CCC(C)(NCc1nnc(-c2ccccc2Cl)o1)C(=O)O. The van der Waals surface area contributed by atoms with Crippen molar-refractivity contribution in [1.29, 1.82) is 0 Å². The van der Waals surface area contributed by atoms with E-state index >= 15 is 0 Å². The second-order valence-electron chi connectivity index (χ2n) is 4.83. The number of nitrogens with one attached hydrogen (secondary N) is 1. The Morgan fingerprint density at radius 1 is 1.43 bits per heavy atom. The molecule has 1 heterocycles. The first-order valence-electron chi connectivity index (χ1n) is 6.52. The monoisotopic (exact) mass is 309 g/mol. The summed E-state index contributed by atoms with van der Waals surface area (Å²) in [6.07, 6.45) is 0.438. The molecule has 21 heavy (non-hydrogen) atoms. The van der Waals surface area contributed by atoms with E-state index in [9.17, 15) is 9.90 Å². The van der Waals surface area contributed by atoms with Crippen molar-refractivity contribution in [3.05, 3.63) is 35.2 Å². The molecule has 1 aromatic heterocycles. The summed E-state index contributed by atoms with van der Waals surface area (Å²) in [5, 5.41) is 20.4. The molecule has 1 unspecified atom stereocenters. The van der Waals surface area contributed by atoms with Gasteiger partial charge < -0.3 is 9.52 Å². The molecule has 6 nitrogen and oxygen atoms in total. The average molecular weight is 310 g/mol. The minimum atomic E-state index is -1.03. The molecule has 112 valence electrons. The van der Waals surface area contributed by atoms with Crippen molar-refractivity contribution in [2.24, 2.45) is 0 Å². The second kappa shape index (κ2) is 6.24. The summed E-state index contributed by atoms with van der Waals surface area (Å²) in [6.45, 7) is 3.58. The van der Waals surface area contributed by atoms with Crippen LogP contribution in [0.15, 0.2) is 28.7 Å². The van der Waals surface area contributed by atoms with Crippen molar-refractivity contribution >= 4 is 17.6 Å². The molecule has 2 rings (SSSR count). The summed E-state index contributed by atoms with van der Waals surface area (Å²) in [6, 6.07) is 7.14. The first-order valence-corrected chi connectivity index (χ1v) is 6.90. The van der Waals surface area contributed by atoms with Crippen LogP contribution in [-0.2, 0) is 11.3 Å². The lowest BCUT2D eigenvalue weighted by atomic mass is 9.99. The number of hydrogen-bond acceptors (Lipinski definition) is 5. The largest absolute Gasteiger partial charge is 0.480 e. The molecule has 0 aliphatic heterocycles. The molecule has 2 N–H and O–H groups in total. The summed E-state index contributed by atoms with van der Waals surface area (Å²) in [5.41, 5.74) is -0.381. The Kier molecular flexibility index (Phi) is 4.59. The van der Waals surface area contributed by atoms with Gasteiger partial charge in [0.05, 0.1) is 17.1 Å². The topological polar surface area (TPSA) is 88.3 Å². The van der Waals surface area contributed by atoms with Crippen molar-refractivity contribution in [2.45, 2.75) is 32.4 Å². The molecule has 0 amide bonds. The van der Waals surface area contributed by atoms with Gasteiger partial charge in [-0.3, -0.25) is 10.1 Å². The number of carboxylic acids is 1. The Labute approximate surface area is 127 Å². The van der Waals surface area contributed by atoms with Crippen molar-refractivity contribution in [1.82, 2.24) is 15.5 Å². The highest BCUT2D eigenvalue weighted by atomic mass is 35.5. The van der Waals surface area contributed by atoms with E-state index in [2.05, 4.69) is 15.5 Å². The van der Waals surface area contributed by atoms with E-state index in [1.807, 2.05) is 12.1 Å². The van der Waals surface area contributed by atoms with Gasteiger partial charge in [-0.1, -0.05) is 30.7 Å². The summed E-state index contributed by atoms with van der Waals surface area (Å²) in [7, 11) is 0. The van der Waals surface area contributed by atoms with Crippen molar-refractivity contribution in [3.8, 4) is 11.5 Å². The fourth-order valence-corrected chi connectivity index (χ4v) is 1.91. The van der Waals surface area contributed by atoms with Gasteiger partial charge in [0, 0.05) is 0 Å². The number of halogens is 1. The lowest BCUT2D eigenvalue weighted by molar-refractivity contribution is -0.144. The summed E-state index contributed by atoms with van der Waals surface area (Å²) >= 11 is 6.06. The van der Waals surface area contributed by atoms with E-state index in [0.29, 0.717) is 28.8 Å². The van der Waals surface area contributed by atoms with Gasteiger partial charge >= 0.3 is 5.97 Å². The molecule has 0 aliphatic rings. The molecule has 1 aromatic carbocycles. The molecule has 0 aliphatic carbocycles. The fraction of sp³-hybridized carbons (Fsp3) is 0.357. The predicted molar refractivity (Wildman–Crippen MR) is 77.9 cm³/mol. The van der Waals surface area contributed by atoms with Crippen LogP contribution in [0.4, 0.5) is 0 Å². The molecule has 0 spiro atoms. The highest BCUT2D eigenvalue weighted by Crippen LogP contribution is 2.26. The summed E-state index contributed by atoms with van der Waals surface area (Å²) < 4.78 is 5.51. The number of nitrogens with zero attached hydrogens (tertiary/aromatic N) is 2. The maximum absolute atomic E-state index is 11.2. The normalized spacial score (nSPS) is 13.9. The maximum Gasteiger partial charge on any atom is 0.323 e. The molecule has 7 heteroatoms. The molecular weight excluding hydrogens is 294 g/mol. The van der Waals surface area contributed by atoms with Crippen LogP contribution in [0.3, 0.4) is 0 Å². The molecule has 0 saturated carbocycles. The van der Waals surface area contributed by atoms with Crippen LogP contribution in [0.2, 0.25) is 5.02 Å². The van der Waals surface area contributed by atoms with Gasteiger partial charge in [-0.05, 0) is 25.5 Å². The Hall–Kier alpha value is -1.92. The molecule has 0 bridgehead atoms. The van der Waals surface area contributed by atoms with E-state index in [-0.39, 0.29) is 6.54 Å². The van der Waals surface area contributed by atoms with Crippen molar-refractivity contribution in [2.75, 3.05) is 0 Å². The van der Waals surface area contributed by atoms with Gasteiger partial charge in [0.25, 0.3) is 0 Å². The third-order valence-corrected chi connectivity index (χ3v) is 3.71. The molecule has 0 radical (unpaired) electrons. The molecule has 2 aromatic rings. The van der Waals surface area contributed by atoms with E-state index in [1.165, 1.54) is 0 Å². The summed E-state index contributed by atoms with van der Waals surface area (Å²) in [4.78, 5) is 11.2. The highest BCUT2D eigenvalue weighted by Gasteiger charge is 2.30. The van der Waals surface area contributed by atoms with Crippen LogP contribution in [-0.4, -0.2) is 26.8 Å². The number of carboxylic acid groups (broad SMARTS) is 1. The second-order valence-corrected chi connectivity index (χ2v) is 5.23. The van der Waals surface area contributed by atoms with E-state index in [4.69, 9.17) is 16.0 Å². The van der Waals surface area contributed by atoms with Crippen LogP contribution in [0, 0.1) is 0 Å². The van der Waals surface area contributed by atoms with Crippen LogP contribution in [0.1, 0.15) is 26.2 Å². The quantitative estimate of drug-likeness (QED) is 0.853. The van der Waals surface area contributed by atoms with Crippen LogP contribution in [0.25, 0.3) is 11.5 Å². The van der Waals surface area contributed by atoms with Crippen molar-refractivity contribution < 1.29 is 14.3 Å². The lowest BCUT2D eigenvalue weighted by Gasteiger charge is -2.23. The van der Waals surface area contributed by atoms with Crippen LogP contribution < -0.4 is 5.32 Å². The van der Waals surface area contributed by atoms with Gasteiger partial charge in [0.15, 0.2) is 0 Å².